The van der Waals surface area contributed by atoms with Gasteiger partial charge in [0.1, 0.15) is 13.1 Å². The fourth-order valence-corrected chi connectivity index (χ4v) is 3.94. The van der Waals surface area contributed by atoms with Gasteiger partial charge < -0.3 is 20.3 Å². The van der Waals surface area contributed by atoms with E-state index in [9.17, 15) is 0 Å². The minimum Gasteiger partial charge on any atom is -0.370 e. The Kier molecular flexibility index (Phi) is 8.75. The van der Waals surface area contributed by atoms with Crippen molar-refractivity contribution in [2.24, 2.45) is 0 Å². The molecule has 2 aromatic carbocycles. The number of nitrogens with one attached hydrogen (secondary N) is 3. The van der Waals surface area contributed by atoms with Crippen LogP contribution in [0.4, 0.5) is 0 Å². The lowest BCUT2D eigenvalue weighted by Gasteiger charge is -2.23. The Morgan fingerprint density at radius 1 is 0.893 bits per heavy atom. The largest absolute Gasteiger partial charge is 0.370 e. The molecule has 0 spiro atoms. The summed E-state index contributed by atoms with van der Waals surface area (Å²) in [7, 11) is 0. The van der Waals surface area contributed by atoms with Crippen LogP contribution in [0.15, 0.2) is 60.7 Å². The Morgan fingerprint density at radius 3 is 2.07 bits per heavy atom. The van der Waals surface area contributed by atoms with Gasteiger partial charge in [0.25, 0.3) is 0 Å². The number of benzene rings is 2. The summed E-state index contributed by atoms with van der Waals surface area (Å²) in [5.41, 5.74) is 2.70. The minimum absolute atomic E-state index is 0.377. The Labute approximate surface area is 174 Å². The number of quaternary nitrogens is 1. The van der Waals surface area contributed by atoms with Crippen molar-refractivity contribution in [3.8, 4) is 0 Å². The van der Waals surface area contributed by atoms with Crippen LogP contribution in [-0.2, 0) is 4.74 Å². The van der Waals surface area contributed by atoms with Crippen LogP contribution in [0.25, 0.3) is 0 Å². The fourth-order valence-electron chi connectivity index (χ4n) is 3.74. The maximum absolute atomic E-state index is 5.46. The van der Waals surface area contributed by atoms with Gasteiger partial charge in [0.2, 0.25) is 0 Å². The van der Waals surface area contributed by atoms with Crippen molar-refractivity contribution in [1.82, 2.24) is 10.6 Å². The van der Waals surface area contributed by atoms with E-state index >= 15 is 0 Å². The molecule has 4 nitrogen and oxygen atoms in total. The predicted molar refractivity (Wildman–Crippen MR) is 119 cm³/mol. The molecule has 0 amide bonds. The molecule has 0 aromatic heterocycles. The summed E-state index contributed by atoms with van der Waals surface area (Å²) in [6, 6.07) is 21.4. The first-order chi connectivity index (χ1) is 13.8. The highest BCUT2D eigenvalue weighted by Gasteiger charge is 2.14. The molecule has 0 unspecified atom stereocenters. The zero-order chi connectivity index (χ0) is 19.4. The molecule has 0 atom stereocenters. The average Bonchev–Trinajstić information content (AvgIpc) is 2.76. The van der Waals surface area contributed by atoms with Gasteiger partial charge in [-0.25, -0.2) is 0 Å². The van der Waals surface area contributed by atoms with Crippen molar-refractivity contribution in [3.63, 3.8) is 0 Å². The zero-order valence-corrected chi connectivity index (χ0v) is 17.3. The smallest absolute Gasteiger partial charge is 0.166 e. The van der Waals surface area contributed by atoms with Crippen molar-refractivity contribution < 1.29 is 9.64 Å². The summed E-state index contributed by atoms with van der Waals surface area (Å²) in [5.74, 6) is 0.377. The van der Waals surface area contributed by atoms with Crippen LogP contribution in [0.5, 0.6) is 0 Å². The predicted octanol–water partition coefficient (Wildman–Crippen LogP) is 1.98. The third-order valence-corrected chi connectivity index (χ3v) is 5.60. The van der Waals surface area contributed by atoms with Crippen LogP contribution >= 0.6 is 12.2 Å². The molecular weight excluding hydrogens is 366 g/mol. The lowest BCUT2D eigenvalue weighted by atomic mass is 9.88. The Morgan fingerprint density at radius 2 is 1.46 bits per heavy atom. The van der Waals surface area contributed by atoms with Crippen LogP contribution in [-0.4, -0.2) is 51.0 Å². The number of thiocarbonyl (C=S) groups is 1. The molecule has 1 aliphatic rings. The van der Waals surface area contributed by atoms with Crippen LogP contribution in [0.2, 0.25) is 0 Å². The summed E-state index contributed by atoms with van der Waals surface area (Å²) >= 11 is 5.46. The first-order valence-corrected chi connectivity index (χ1v) is 10.8. The third-order valence-electron chi connectivity index (χ3n) is 5.32. The molecular formula is C23H32N3OS+. The molecule has 0 saturated carbocycles. The third kappa shape index (κ3) is 6.89. The molecule has 28 heavy (non-hydrogen) atoms. The maximum atomic E-state index is 5.46. The summed E-state index contributed by atoms with van der Waals surface area (Å²) in [4.78, 5) is 1.64. The van der Waals surface area contributed by atoms with Crippen molar-refractivity contribution in [1.29, 1.82) is 0 Å². The lowest BCUT2D eigenvalue weighted by Crippen LogP contribution is -3.14. The minimum atomic E-state index is 0.377. The van der Waals surface area contributed by atoms with E-state index in [1.165, 1.54) is 17.7 Å². The molecule has 1 saturated heterocycles. The second-order valence-electron chi connectivity index (χ2n) is 7.31. The van der Waals surface area contributed by atoms with Gasteiger partial charge in [0.15, 0.2) is 5.11 Å². The van der Waals surface area contributed by atoms with Gasteiger partial charge in [-0.15, -0.1) is 0 Å². The van der Waals surface area contributed by atoms with Crippen molar-refractivity contribution >= 4 is 17.3 Å². The van der Waals surface area contributed by atoms with E-state index < -0.39 is 0 Å². The molecule has 5 heteroatoms. The van der Waals surface area contributed by atoms with Crippen molar-refractivity contribution in [2.45, 2.75) is 18.8 Å². The number of hydrogen-bond acceptors (Lipinski definition) is 2. The van der Waals surface area contributed by atoms with Gasteiger partial charge in [-0.1, -0.05) is 60.7 Å². The number of rotatable bonds is 9. The van der Waals surface area contributed by atoms with Crippen LogP contribution in [0.1, 0.15) is 29.9 Å². The molecule has 1 fully saturated rings. The number of hydrogen-bond donors (Lipinski definition) is 3. The van der Waals surface area contributed by atoms with E-state index in [0.29, 0.717) is 5.92 Å². The molecule has 150 valence electrons. The van der Waals surface area contributed by atoms with Gasteiger partial charge in [-0.3, -0.25) is 0 Å². The normalized spacial score (nSPS) is 14.8. The second kappa shape index (κ2) is 11.8. The van der Waals surface area contributed by atoms with E-state index in [2.05, 4.69) is 71.3 Å². The van der Waals surface area contributed by atoms with Gasteiger partial charge in [-0.2, -0.15) is 0 Å². The Bertz CT molecular complexity index is 650. The van der Waals surface area contributed by atoms with Crippen LogP contribution in [0.3, 0.4) is 0 Å². The van der Waals surface area contributed by atoms with Gasteiger partial charge in [0.05, 0.1) is 19.8 Å². The highest BCUT2D eigenvalue weighted by Crippen LogP contribution is 2.27. The van der Waals surface area contributed by atoms with Crippen LogP contribution in [0, 0.1) is 0 Å². The summed E-state index contributed by atoms with van der Waals surface area (Å²) in [6.07, 6.45) is 2.14. The van der Waals surface area contributed by atoms with Gasteiger partial charge >= 0.3 is 0 Å². The van der Waals surface area contributed by atoms with E-state index in [-0.39, 0.29) is 0 Å². The number of ether oxygens (including phenoxy) is 1. The van der Waals surface area contributed by atoms with Crippen molar-refractivity contribution in [3.05, 3.63) is 71.8 Å². The second-order valence-corrected chi connectivity index (χ2v) is 7.72. The monoisotopic (exact) mass is 398 g/mol. The Balaban J connectivity index is 1.39. The highest BCUT2D eigenvalue weighted by atomic mass is 32.1. The van der Waals surface area contributed by atoms with Gasteiger partial charge in [-0.05, 0) is 29.8 Å². The first-order valence-electron chi connectivity index (χ1n) is 10.4. The molecule has 3 rings (SSSR count). The standard InChI is InChI=1S/C23H31N3OS/c28-23(24-13-7-15-26-16-18-27-19-17-26)25-14-12-22(20-8-3-1-4-9-20)21-10-5-2-6-11-21/h1-6,8-11,22H,7,12-19H2,(H2,24,25,28)/p+1. The molecule has 0 bridgehead atoms. The molecule has 1 aliphatic heterocycles. The molecule has 3 N–H and O–H groups in total. The Hall–Kier alpha value is -1.95. The summed E-state index contributed by atoms with van der Waals surface area (Å²) in [6.45, 7) is 7.01. The first kappa shape index (κ1) is 20.8. The average molecular weight is 399 g/mol. The molecule has 0 aliphatic carbocycles. The quantitative estimate of drug-likeness (QED) is 0.446. The fraction of sp³-hybridized carbons (Fsp3) is 0.435. The topological polar surface area (TPSA) is 37.7 Å². The lowest BCUT2D eigenvalue weighted by molar-refractivity contribution is -0.908. The highest BCUT2D eigenvalue weighted by molar-refractivity contribution is 7.80. The van der Waals surface area contributed by atoms with E-state index in [1.54, 1.807) is 4.90 Å². The molecule has 1 heterocycles. The van der Waals surface area contributed by atoms with E-state index in [0.717, 1.165) is 57.3 Å². The van der Waals surface area contributed by atoms with Gasteiger partial charge in [0, 0.05) is 25.4 Å². The van der Waals surface area contributed by atoms with E-state index in [1.807, 2.05) is 0 Å². The maximum Gasteiger partial charge on any atom is 0.166 e. The summed E-state index contributed by atoms with van der Waals surface area (Å²) < 4.78 is 5.40. The molecule has 2 aromatic rings. The van der Waals surface area contributed by atoms with Crippen LogP contribution < -0.4 is 15.5 Å². The SMILES string of the molecule is S=C(NCCC[NH+]1CCOCC1)NCCC(c1ccccc1)c1ccccc1. The van der Waals surface area contributed by atoms with Crippen molar-refractivity contribution in [2.75, 3.05) is 45.9 Å². The molecule has 0 radical (unpaired) electrons. The number of morpholine rings is 1. The summed E-state index contributed by atoms with van der Waals surface area (Å²) in [5, 5.41) is 7.50. The van der Waals surface area contributed by atoms with E-state index in [4.69, 9.17) is 17.0 Å². The zero-order valence-electron chi connectivity index (χ0n) is 16.5.